The van der Waals surface area contributed by atoms with Crippen LogP contribution in [0.2, 0.25) is 0 Å². The molecule has 2 N–H and O–H groups in total. The number of ether oxygens (including phenoxy) is 1. The number of nitrogens with one attached hydrogen (secondary N) is 2. The van der Waals surface area contributed by atoms with Crippen molar-refractivity contribution in [3.63, 3.8) is 0 Å². The summed E-state index contributed by atoms with van der Waals surface area (Å²) in [5.74, 6) is 1.45. The van der Waals surface area contributed by atoms with Gasteiger partial charge in [0, 0.05) is 18.5 Å². The SMILES string of the molecule is CC[C@H]1C(=O)Nc2c(C)nc(NC3CC(C)(COc4ccc(C(F)(F)F)nc4)C3)nc2N1C. The maximum absolute atomic E-state index is 12.6. The fourth-order valence-corrected chi connectivity index (χ4v) is 4.44. The van der Waals surface area contributed by atoms with Gasteiger partial charge in [-0.3, -0.25) is 4.79 Å². The Balaban J connectivity index is 1.35. The number of halogens is 3. The molecule has 1 aliphatic heterocycles. The zero-order valence-electron chi connectivity index (χ0n) is 19.0. The summed E-state index contributed by atoms with van der Waals surface area (Å²) in [6.45, 7) is 6.23. The molecule has 1 fully saturated rings. The molecule has 2 aliphatic rings. The predicted molar refractivity (Wildman–Crippen MR) is 117 cm³/mol. The monoisotopic (exact) mass is 464 g/mol. The third-order valence-corrected chi connectivity index (χ3v) is 6.24. The van der Waals surface area contributed by atoms with Crippen LogP contribution in [-0.4, -0.2) is 46.6 Å². The third-order valence-electron chi connectivity index (χ3n) is 6.24. The van der Waals surface area contributed by atoms with E-state index in [2.05, 4.69) is 32.5 Å². The molecule has 2 aromatic heterocycles. The topological polar surface area (TPSA) is 92.3 Å². The lowest BCUT2D eigenvalue weighted by Crippen LogP contribution is -2.48. The standard InChI is InChI=1S/C22H27F3N6O2/c1-5-15-19(32)29-17-12(2)27-20(30-18(17)31(15)4)28-13-8-21(3,9-13)11-33-14-6-7-16(26-10-14)22(23,24)25/h6-7,10,13,15H,5,8-9,11H2,1-4H3,(H,29,32)(H,27,28,30)/t13?,15-,21?/m0/s1. The van der Waals surface area contributed by atoms with E-state index < -0.39 is 11.9 Å². The van der Waals surface area contributed by atoms with Gasteiger partial charge >= 0.3 is 6.18 Å². The Kier molecular flexibility index (Phi) is 5.83. The number of likely N-dealkylation sites (N-methyl/N-ethyl adjacent to an activating group) is 1. The number of aromatic nitrogens is 3. The average molecular weight is 464 g/mol. The summed E-state index contributed by atoms with van der Waals surface area (Å²) >= 11 is 0. The van der Waals surface area contributed by atoms with Crippen LogP contribution in [0.15, 0.2) is 18.3 Å². The molecule has 3 heterocycles. The van der Waals surface area contributed by atoms with Gasteiger partial charge in [0.1, 0.15) is 23.2 Å². The molecule has 0 aromatic carbocycles. The first-order chi connectivity index (χ1) is 15.5. The molecular weight excluding hydrogens is 437 g/mol. The van der Waals surface area contributed by atoms with Gasteiger partial charge in [-0.25, -0.2) is 9.97 Å². The number of rotatable bonds is 6. The lowest BCUT2D eigenvalue weighted by molar-refractivity contribution is -0.141. The summed E-state index contributed by atoms with van der Waals surface area (Å²) in [4.78, 5) is 26.7. The zero-order valence-corrected chi connectivity index (χ0v) is 19.0. The minimum atomic E-state index is -4.47. The molecular formula is C22H27F3N6O2. The molecule has 0 radical (unpaired) electrons. The molecule has 33 heavy (non-hydrogen) atoms. The van der Waals surface area contributed by atoms with E-state index in [9.17, 15) is 18.0 Å². The smallest absolute Gasteiger partial charge is 0.433 e. The van der Waals surface area contributed by atoms with Crippen LogP contribution in [0.1, 0.15) is 44.5 Å². The first-order valence-corrected chi connectivity index (χ1v) is 10.8. The van der Waals surface area contributed by atoms with Gasteiger partial charge < -0.3 is 20.3 Å². The van der Waals surface area contributed by atoms with E-state index in [-0.39, 0.29) is 23.4 Å². The van der Waals surface area contributed by atoms with Crippen LogP contribution < -0.4 is 20.3 Å². The quantitative estimate of drug-likeness (QED) is 0.667. The summed E-state index contributed by atoms with van der Waals surface area (Å²) in [5.41, 5.74) is 0.263. The molecule has 0 bridgehead atoms. The maximum Gasteiger partial charge on any atom is 0.433 e. The van der Waals surface area contributed by atoms with Crippen molar-refractivity contribution < 1.29 is 22.7 Å². The molecule has 0 spiro atoms. The molecule has 1 aliphatic carbocycles. The summed E-state index contributed by atoms with van der Waals surface area (Å²) in [7, 11) is 1.86. The molecule has 1 saturated carbocycles. The minimum absolute atomic E-state index is 0.0575. The molecule has 178 valence electrons. The van der Waals surface area contributed by atoms with Crippen LogP contribution in [0.5, 0.6) is 5.75 Å². The number of aryl methyl sites for hydroxylation is 1. The number of alkyl halides is 3. The lowest BCUT2D eigenvalue weighted by Gasteiger charge is -2.45. The summed E-state index contributed by atoms with van der Waals surface area (Å²) < 4.78 is 43.6. The third kappa shape index (κ3) is 4.67. The summed E-state index contributed by atoms with van der Waals surface area (Å²) in [5, 5.41) is 6.26. The lowest BCUT2D eigenvalue weighted by atomic mass is 9.67. The minimum Gasteiger partial charge on any atom is -0.491 e. The van der Waals surface area contributed by atoms with Crippen LogP contribution >= 0.6 is 0 Å². The molecule has 11 heteroatoms. The van der Waals surface area contributed by atoms with Crippen molar-refractivity contribution in [1.82, 2.24) is 15.0 Å². The Hall–Kier alpha value is -3.11. The van der Waals surface area contributed by atoms with Gasteiger partial charge in [-0.15, -0.1) is 0 Å². The maximum atomic E-state index is 12.6. The van der Waals surface area contributed by atoms with Crippen molar-refractivity contribution in [2.75, 3.05) is 29.2 Å². The van der Waals surface area contributed by atoms with Gasteiger partial charge in [0.15, 0.2) is 5.82 Å². The molecule has 1 amide bonds. The van der Waals surface area contributed by atoms with Crippen LogP contribution in [0.25, 0.3) is 0 Å². The molecule has 4 rings (SSSR count). The van der Waals surface area contributed by atoms with Gasteiger partial charge in [0.2, 0.25) is 11.9 Å². The van der Waals surface area contributed by atoms with Gasteiger partial charge in [0.25, 0.3) is 0 Å². The first-order valence-electron chi connectivity index (χ1n) is 10.8. The van der Waals surface area contributed by atoms with Crippen molar-refractivity contribution in [1.29, 1.82) is 0 Å². The highest BCUT2D eigenvalue weighted by molar-refractivity contribution is 6.03. The van der Waals surface area contributed by atoms with E-state index in [0.717, 1.165) is 25.1 Å². The summed E-state index contributed by atoms with van der Waals surface area (Å²) in [6, 6.07) is 2.08. The first kappa shape index (κ1) is 23.1. The second-order valence-electron chi connectivity index (χ2n) is 9.08. The van der Waals surface area contributed by atoms with Crippen molar-refractivity contribution >= 4 is 23.4 Å². The largest absolute Gasteiger partial charge is 0.491 e. The van der Waals surface area contributed by atoms with Crippen molar-refractivity contribution in [3.05, 3.63) is 29.7 Å². The Labute approximate surface area is 190 Å². The van der Waals surface area contributed by atoms with Gasteiger partial charge in [-0.1, -0.05) is 13.8 Å². The summed E-state index contributed by atoms with van der Waals surface area (Å²) in [6.07, 6.45) is -1.10. The van der Waals surface area contributed by atoms with Gasteiger partial charge in [-0.2, -0.15) is 18.2 Å². The number of amides is 1. The van der Waals surface area contributed by atoms with E-state index >= 15 is 0 Å². The van der Waals surface area contributed by atoms with Crippen LogP contribution in [0.4, 0.5) is 30.6 Å². The van der Waals surface area contributed by atoms with E-state index in [1.165, 1.54) is 6.07 Å². The number of carbonyl (C=O) groups is 1. The van der Waals surface area contributed by atoms with E-state index in [4.69, 9.17) is 4.74 Å². The highest BCUT2D eigenvalue weighted by Crippen LogP contribution is 2.43. The van der Waals surface area contributed by atoms with Crippen LogP contribution in [-0.2, 0) is 11.0 Å². The van der Waals surface area contributed by atoms with Crippen molar-refractivity contribution in [2.24, 2.45) is 5.41 Å². The number of nitrogens with zero attached hydrogens (tertiary/aromatic N) is 4. The van der Waals surface area contributed by atoms with Crippen LogP contribution in [0.3, 0.4) is 0 Å². The highest BCUT2D eigenvalue weighted by Gasteiger charge is 2.42. The number of hydrogen-bond acceptors (Lipinski definition) is 7. The normalized spacial score (nSPS) is 24.6. The number of carbonyl (C=O) groups excluding carboxylic acids is 1. The molecule has 1 atom stereocenters. The fourth-order valence-electron chi connectivity index (χ4n) is 4.44. The van der Waals surface area contributed by atoms with E-state index in [1.807, 2.05) is 25.8 Å². The van der Waals surface area contributed by atoms with E-state index in [0.29, 0.717) is 41.9 Å². The zero-order chi connectivity index (χ0) is 24.0. The average Bonchev–Trinajstić information content (AvgIpc) is 2.72. The Morgan fingerprint density at radius 2 is 2.03 bits per heavy atom. The molecule has 0 unspecified atom stereocenters. The van der Waals surface area contributed by atoms with Gasteiger partial charge in [-0.05, 0) is 38.3 Å². The second kappa shape index (κ2) is 8.35. The molecule has 0 saturated heterocycles. The second-order valence-corrected chi connectivity index (χ2v) is 9.08. The molecule has 2 aromatic rings. The number of pyridine rings is 1. The number of fused-ring (bicyclic) bond motifs is 1. The van der Waals surface area contributed by atoms with Gasteiger partial charge in [0.05, 0.1) is 18.5 Å². The Morgan fingerprint density at radius 3 is 2.64 bits per heavy atom. The Bertz CT molecular complexity index is 1040. The van der Waals surface area contributed by atoms with Crippen LogP contribution in [0, 0.1) is 12.3 Å². The van der Waals surface area contributed by atoms with Crippen molar-refractivity contribution in [3.8, 4) is 5.75 Å². The highest BCUT2D eigenvalue weighted by atomic mass is 19.4. The predicted octanol–water partition coefficient (Wildman–Crippen LogP) is 4.03. The molecule has 8 nitrogen and oxygen atoms in total. The number of hydrogen-bond donors (Lipinski definition) is 2. The fraction of sp³-hybridized carbons (Fsp3) is 0.545. The number of anilines is 3. The van der Waals surface area contributed by atoms with Crippen molar-refractivity contribution in [2.45, 2.75) is 58.3 Å². The Morgan fingerprint density at radius 1 is 1.30 bits per heavy atom. The van der Waals surface area contributed by atoms with E-state index in [1.54, 1.807) is 0 Å².